The fourth-order valence-corrected chi connectivity index (χ4v) is 2.80. The average molecular weight is 236 g/mol. The number of aromatic hydroxyl groups is 2. The SMILES string of the molecule is CP(C)(=O)c1cc(O)c2ccccc2c1O. The topological polar surface area (TPSA) is 57.5 Å². The van der Waals surface area contributed by atoms with Crippen LogP contribution >= 0.6 is 7.14 Å². The number of hydrogen-bond acceptors (Lipinski definition) is 3. The molecule has 3 nitrogen and oxygen atoms in total. The number of fused-ring (bicyclic) bond motifs is 1. The summed E-state index contributed by atoms with van der Waals surface area (Å²) in [4.78, 5) is 0. The van der Waals surface area contributed by atoms with E-state index in [0.29, 0.717) is 16.1 Å². The van der Waals surface area contributed by atoms with E-state index in [2.05, 4.69) is 0 Å². The Bertz CT molecular complexity index is 598. The van der Waals surface area contributed by atoms with Gasteiger partial charge in [0.25, 0.3) is 0 Å². The van der Waals surface area contributed by atoms with Crippen LogP contribution in [0.4, 0.5) is 0 Å². The first-order chi connectivity index (χ1) is 7.41. The van der Waals surface area contributed by atoms with E-state index in [1.54, 1.807) is 37.6 Å². The van der Waals surface area contributed by atoms with Crippen molar-refractivity contribution in [3.05, 3.63) is 30.3 Å². The molecule has 2 rings (SSSR count). The fourth-order valence-electron chi connectivity index (χ4n) is 1.74. The van der Waals surface area contributed by atoms with E-state index in [9.17, 15) is 14.8 Å². The predicted molar refractivity (Wildman–Crippen MR) is 66.4 cm³/mol. The van der Waals surface area contributed by atoms with E-state index in [0.717, 1.165) is 0 Å². The summed E-state index contributed by atoms with van der Waals surface area (Å²) in [7, 11) is -2.60. The Kier molecular flexibility index (Phi) is 2.43. The first-order valence-electron chi connectivity index (χ1n) is 4.90. The maximum absolute atomic E-state index is 12.0. The van der Waals surface area contributed by atoms with Crippen molar-refractivity contribution in [2.45, 2.75) is 0 Å². The molecule has 2 N–H and O–H groups in total. The lowest BCUT2D eigenvalue weighted by Gasteiger charge is -2.12. The van der Waals surface area contributed by atoms with Gasteiger partial charge in [-0.1, -0.05) is 24.3 Å². The molecule has 0 aliphatic carbocycles. The van der Waals surface area contributed by atoms with Gasteiger partial charge in [0.1, 0.15) is 18.6 Å². The molecule has 0 aromatic heterocycles. The molecule has 0 aliphatic rings. The van der Waals surface area contributed by atoms with Crippen LogP contribution in [-0.4, -0.2) is 23.5 Å². The van der Waals surface area contributed by atoms with E-state index in [4.69, 9.17) is 0 Å². The number of hydrogen-bond donors (Lipinski definition) is 2. The zero-order valence-corrected chi connectivity index (χ0v) is 10.0. The molecule has 84 valence electrons. The van der Waals surface area contributed by atoms with Crippen molar-refractivity contribution in [3.8, 4) is 11.5 Å². The van der Waals surface area contributed by atoms with E-state index in [-0.39, 0.29) is 11.5 Å². The molecule has 0 saturated heterocycles. The Labute approximate surface area is 93.7 Å². The summed E-state index contributed by atoms with van der Waals surface area (Å²) < 4.78 is 12.0. The molecular weight excluding hydrogens is 223 g/mol. The predicted octanol–water partition coefficient (Wildman–Crippen LogP) is 2.50. The summed E-state index contributed by atoms with van der Waals surface area (Å²) in [6, 6.07) is 8.34. The largest absolute Gasteiger partial charge is 0.507 e. The Hall–Kier alpha value is -1.47. The lowest BCUT2D eigenvalue weighted by molar-refractivity contribution is 0.472. The second-order valence-electron chi connectivity index (χ2n) is 4.16. The van der Waals surface area contributed by atoms with Crippen LogP contribution in [-0.2, 0) is 4.57 Å². The van der Waals surface area contributed by atoms with Gasteiger partial charge >= 0.3 is 0 Å². The van der Waals surface area contributed by atoms with Crippen molar-refractivity contribution in [2.24, 2.45) is 0 Å². The van der Waals surface area contributed by atoms with Crippen LogP contribution in [0.5, 0.6) is 11.5 Å². The number of benzene rings is 2. The van der Waals surface area contributed by atoms with Crippen molar-refractivity contribution in [1.82, 2.24) is 0 Å². The van der Waals surface area contributed by atoms with Gasteiger partial charge in [0.15, 0.2) is 0 Å². The van der Waals surface area contributed by atoms with Gasteiger partial charge in [-0.3, -0.25) is 0 Å². The quantitative estimate of drug-likeness (QED) is 0.590. The zero-order valence-electron chi connectivity index (χ0n) is 9.14. The molecule has 0 spiro atoms. The van der Waals surface area contributed by atoms with Crippen LogP contribution in [0.25, 0.3) is 10.8 Å². The lowest BCUT2D eigenvalue weighted by atomic mass is 10.1. The van der Waals surface area contributed by atoms with Gasteiger partial charge in [0, 0.05) is 10.8 Å². The number of rotatable bonds is 1. The van der Waals surface area contributed by atoms with Crippen molar-refractivity contribution in [1.29, 1.82) is 0 Å². The molecule has 0 aliphatic heterocycles. The Morgan fingerprint density at radius 2 is 1.62 bits per heavy atom. The summed E-state index contributed by atoms with van der Waals surface area (Å²) in [6.45, 7) is 3.13. The van der Waals surface area contributed by atoms with Crippen molar-refractivity contribution in [2.75, 3.05) is 13.3 Å². The highest BCUT2D eigenvalue weighted by Gasteiger charge is 2.19. The molecule has 0 fully saturated rings. The minimum atomic E-state index is -2.60. The average Bonchev–Trinajstić information content (AvgIpc) is 2.22. The summed E-state index contributed by atoms with van der Waals surface area (Å²) in [6.07, 6.45) is 0. The maximum atomic E-state index is 12.0. The third kappa shape index (κ3) is 1.68. The van der Waals surface area contributed by atoms with Gasteiger partial charge in [0.2, 0.25) is 0 Å². The lowest BCUT2D eigenvalue weighted by Crippen LogP contribution is -2.03. The molecule has 0 atom stereocenters. The Morgan fingerprint density at radius 1 is 1.06 bits per heavy atom. The molecule has 0 saturated carbocycles. The monoisotopic (exact) mass is 236 g/mol. The van der Waals surface area contributed by atoms with Crippen LogP contribution in [0.3, 0.4) is 0 Å². The fraction of sp³-hybridized carbons (Fsp3) is 0.167. The maximum Gasteiger partial charge on any atom is 0.134 e. The highest BCUT2D eigenvalue weighted by molar-refractivity contribution is 7.70. The minimum Gasteiger partial charge on any atom is -0.507 e. The molecule has 16 heavy (non-hydrogen) atoms. The van der Waals surface area contributed by atoms with Gasteiger partial charge in [-0.25, -0.2) is 0 Å². The molecule has 0 bridgehead atoms. The van der Waals surface area contributed by atoms with Crippen LogP contribution in [0.1, 0.15) is 0 Å². The van der Waals surface area contributed by atoms with Gasteiger partial charge in [-0.15, -0.1) is 0 Å². The molecule has 4 heteroatoms. The van der Waals surface area contributed by atoms with Gasteiger partial charge < -0.3 is 14.8 Å². The Morgan fingerprint density at radius 3 is 2.19 bits per heavy atom. The van der Waals surface area contributed by atoms with Crippen molar-refractivity contribution in [3.63, 3.8) is 0 Å². The second kappa shape index (κ2) is 3.53. The minimum absolute atomic E-state index is 0.00160. The Balaban J connectivity index is 2.91. The highest BCUT2D eigenvalue weighted by Crippen LogP contribution is 2.43. The van der Waals surface area contributed by atoms with Crippen LogP contribution in [0.2, 0.25) is 0 Å². The van der Waals surface area contributed by atoms with E-state index in [1.807, 2.05) is 0 Å². The molecule has 0 heterocycles. The molecule has 0 amide bonds. The molecule has 2 aromatic carbocycles. The summed E-state index contributed by atoms with van der Waals surface area (Å²) in [5, 5.41) is 21.3. The molecule has 0 radical (unpaired) electrons. The van der Waals surface area contributed by atoms with Crippen LogP contribution in [0, 0.1) is 0 Å². The third-order valence-electron chi connectivity index (χ3n) is 2.55. The summed E-state index contributed by atoms with van der Waals surface area (Å²) in [5.74, 6) is 0.0501. The second-order valence-corrected chi connectivity index (χ2v) is 7.34. The molecule has 2 aromatic rings. The van der Waals surface area contributed by atoms with E-state index in [1.165, 1.54) is 6.07 Å². The van der Waals surface area contributed by atoms with Gasteiger partial charge in [-0.05, 0) is 19.4 Å². The van der Waals surface area contributed by atoms with Crippen molar-refractivity contribution >= 4 is 23.2 Å². The van der Waals surface area contributed by atoms with Crippen LogP contribution in [0.15, 0.2) is 30.3 Å². The number of phenolic OH excluding ortho intramolecular Hbond substituents is 2. The first-order valence-corrected chi connectivity index (χ1v) is 7.50. The first kappa shape index (κ1) is 11.0. The summed E-state index contributed by atoms with van der Waals surface area (Å²) in [5.41, 5.74) is 0. The van der Waals surface area contributed by atoms with E-state index >= 15 is 0 Å². The zero-order chi connectivity index (χ0) is 11.9. The third-order valence-corrected chi connectivity index (χ3v) is 4.06. The molecule has 0 unspecified atom stereocenters. The summed E-state index contributed by atoms with van der Waals surface area (Å²) >= 11 is 0. The normalized spacial score (nSPS) is 11.9. The van der Waals surface area contributed by atoms with Crippen LogP contribution < -0.4 is 5.30 Å². The smallest absolute Gasteiger partial charge is 0.134 e. The standard InChI is InChI=1S/C12H13O3P/c1-16(2,15)11-7-10(13)8-5-3-4-6-9(8)12(11)14/h3-7,13-14H,1-2H3. The van der Waals surface area contributed by atoms with Crippen molar-refractivity contribution < 1.29 is 14.8 Å². The van der Waals surface area contributed by atoms with Gasteiger partial charge in [0.05, 0.1) is 5.30 Å². The highest BCUT2D eigenvalue weighted by atomic mass is 31.2. The van der Waals surface area contributed by atoms with E-state index < -0.39 is 7.14 Å². The molecular formula is C12H13O3P. The van der Waals surface area contributed by atoms with Gasteiger partial charge in [-0.2, -0.15) is 0 Å². The number of phenols is 2.